The van der Waals surface area contributed by atoms with Crippen molar-refractivity contribution in [2.75, 3.05) is 13.2 Å². The Morgan fingerprint density at radius 3 is 1.72 bits per heavy atom. The van der Waals surface area contributed by atoms with Gasteiger partial charge in [0.05, 0.1) is 0 Å². The van der Waals surface area contributed by atoms with Crippen molar-refractivity contribution in [3.8, 4) is 0 Å². The van der Waals surface area contributed by atoms with Crippen molar-refractivity contribution in [3.05, 3.63) is 60.7 Å². The quantitative estimate of drug-likeness (QED) is 0.502. The lowest BCUT2D eigenvalue weighted by molar-refractivity contribution is 0.226. The maximum atomic E-state index is 9.04. The molecule has 0 aliphatic heterocycles. The van der Waals surface area contributed by atoms with Crippen LogP contribution in [-0.2, 0) is 4.43 Å². The normalized spacial score (nSPS) is 14.6. The van der Waals surface area contributed by atoms with E-state index >= 15 is 0 Å². The summed E-state index contributed by atoms with van der Waals surface area (Å²) in [5.74, 6) is 1.19. The van der Waals surface area contributed by atoms with Crippen molar-refractivity contribution in [2.24, 2.45) is 11.8 Å². The van der Waals surface area contributed by atoms with Crippen molar-refractivity contribution in [2.45, 2.75) is 65.3 Å². The lowest BCUT2D eigenvalue weighted by Crippen LogP contribution is -2.66. The Balaban J connectivity index is 2.23. The Hall–Kier alpha value is -1.42. The van der Waals surface area contributed by atoms with E-state index in [2.05, 4.69) is 95.3 Å². The van der Waals surface area contributed by atoms with Crippen LogP contribution in [0.15, 0.2) is 60.7 Å². The zero-order chi connectivity index (χ0) is 21.3. The average Bonchev–Trinajstić information content (AvgIpc) is 2.71. The van der Waals surface area contributed by atoms with Crippen molar-refractivity contribution in [1.29, 1.82) is 0 Å². The zero-order valence-electron chi connectivity index (χ0n) is 19.0. The average molecular weight is 413 g/mol. The van der Waals surface area contributed by atoms with E-state index in [1.165, 1.54) is 23.2 Å². The monoisotopic (exact) mass is 412 g/mol. The molecule has 2 atom stereocenters. The van der Waals surface area contributed by atoms with Gasteiger partial charge in [-0.15, -0.1) is 0 Å². The van der Waals surface area contributed by atoms with Gasteiger partial charge in [0.25, 0.3) is 8.32 Å². The summed E-state index contributed by atoms with van der Waals surface area (Å²) in [5.41, 5.74) is 0. The van der Waals surface area contributed by atoms with Crippen molar-refractivity contribution >= 4 is 18.7 Å². The van der Waals surface area contributed by atoms with Gasteiger partial charge in [-0.05, 0) is 46.5 Å². The SMILES string of the molecule is C[C@H](CCCO)CC[C@@H](C)CO[Si](c1ccccc1)(c1ccccc1)C(C)(C)C. The lowest BCUT2D eigenvalue weighted by atomic mass is 9.95. The summed E-state index contributed by atoms with van der Waals surface area (Å²) in [5, 5.41) is 11.8. The molecule has 0 aromatic heterocycles. The molecular formula is C26H40O2Si. The maximum absolute atomic E-state index is 9.04. The van der Waals surface area contributed by atoms with Crippen molar-refractivity contribution < 1.29 is 9.53 Å². The number of aliphatic hydroxyl groups excluding tert-OH is 1. The smallest absolute Gasteiger partial charge is 0.261 e. The molecule has 0 fully saturated rings. The molecular weight excluding hydrogens is 372 g/mol. The third-order valence-electron chi connectivity index (χ3n) is 6.01. The van der Waals surface area contributed by atoms with E-state index in [9.17, 15) is 0 Å². The second-order valence-electron chi connectivity index (χ2n) is 9.63. The molecule has 1 N–H and O–H groups in total. The molecule has 3 heteroatoms. The van der Waals surface area contributed by atoms with Gasteiger partial charge in [-0.2, -0.15) is 0 Å². The molecule has 2 aromatic carbocycles. The Labute approximate surface area is 179 Å². The maximum Gasteiger partial charge on any atom is 0.261 e. The first kappa shape index (κ1) is 23.9. The summed E-state index contributed by atoms with van der Waals surface area (Å²) in [7, 11) is -2.42. The van der Waals surface area contributed by atoms with Crippen LogP contribution in [0.1, 0.15) is 60.3 Å². The van der Waals surface area contributed by atoms with Crippen LogP contribution >= 0.6 is 0 Å². The predicted molar refractivity (Wildman–Crippen MR) is 127 cm³/mol. The van der Waals surface area contributed by atoms with Crippen molar-refractivity contribution in [1.82, 2.24) is 0 Å². The molecule has 29 heavy (non-hydrogen) atoms. The highest BCUT2D eigenvalue weighted by Crippen LogP contribution is 2.37. The van der Waals surface area contributed by atoms with Gasteiger partial charge in [0.15, 0.2) is 0 Å². The number of hydrogen-bond acceptors (Lipinski definition) is 2. The van der Waals surface area contributed by atoms with Crippen LogP contribution in [0.2, 0.25) is 5.04 Å². The number of hydrogen-bond donors (Lipinski definition) is 1. The molecule has 2 aromatic rings. The summed E-state index contributed by atoms with van der Waals surface area (Å²) in [6, 6.07) is 21.8. The molecule has 0 amide bonds. The topological polar surface area (TPSA) is 29.5 Å². The molecule has 2 nitrogen and oxygen atoms in total. The van der Waals surface area contributed by atoms with Gasteiger partial charge in [0, 0.05) is 13.2 Å². The molecule has 0 radical (unpaired) electrons. The summed E-state index contributed by atoms with van der Waals surface area (Å²) in [4.78, 5) is 0. The van der Waals surface area contributed by atoms with Gasteiger partial charge in [0.2, 0.25) is 0 Å². The highest BCUT2D eigenvalue weighted by molar-refractivity contribution is 6.99. The Bertz CT molecular complexity index is 654. The van der Waals surface area contributed by atoms with Crippen molar-refractivity contribution in [3.63, 3.8) is 0 Å². The van der Waals surface area contributed by atoms with Gasteiger partial charge in [0.1, 0.15) is 0 Å². The molecule has 0 bridgehead atoms. The van der Waals surface area contributed by atoms with E-state index in [4.69, 9.17) is 9.53 Å². The van der Waals surface area contributed by atoms with Gasteiger partial charge >= 0.3 is 0 Å². The number of aliphatic hydroxyl groups is 1. The molecule has 0 unspecified atom stereocenters. The van der Waals surface area contributed by atoms with Gasteiger partial charge in [-0.3, -0.25) is 0 Å². The molecule has 0 aliphatic rings. The number of rotatable bonds is 11. The minimum Gasteiger partial charge on any atom is -0.407 e. The molecule has 160 valence electrons. The highest BCUT2D eigenvalue weighted by atomic mass is 28.4. The van der Waals surface area contributed by atoms with Crippen LogP contribution in [0.5, 0.6) is 0 Å². The summed E-state index contributed by atoms with van der Waals surface area (Å²) in [6.45, 7) is 12.7. The fourth-order valence-corrected chi connectivity index (χ4v) is 8.96. The van der Waals surface area contributed by atoms with Crippen LogP contribution in [0, 0.1) is 11.8 Å². The molecule has 2 rings (SSSR count). The fraction of sp³-hybridized carbons (Fsp3) is 0.538. The third-order valence-corrected chi connectivity index (χ3v) is 11.0. The standard InChI is InChI=1S/C26H40O2Si/c1-22(13-12-20-27)18-19-23(2)21-28-29(26(3,4)5,24-14-8-6-9-15-24)25-16-10-7-11-17-25/h6-11,14-17,22-23,27H,12-13,18-21H2,1-5H3/t22-,23-/m1/s1. The molecule has 0 spiro atoms. The van der Waals surface area contributed by atoms with Crippen LogP contribution in [-0.4, -0.2) is 26.6 Å². The van der Waals surface area contributed by atoms with E-state index < -0.39 is 8.32 Å². The summed E-state index contributed by atoms with van der Waals surface area (Å²) < 4.78 is 7.04. The molecule has 0 heterocycles. The summed E-state index contributed by atoms with van der Waals surface area (Å²) >= 11 is 0. The highest BCUT2D eigenvalue weighted by Gasteiger charge is 2.50. The molecule has 0 saturated heterocycles. The van der Waals surface area contributed by atoms with Gasteiger partial charge in [-0.25, -0.2) is 0 Å². The van der Waals surface area contributed by atoms with E-state index in [1.54, 1.807) is 0 Å². The Morgan fingerprint density at radius 2 is 1.28 bits per heavy atom. The lowest BCUT2D eigenvalue weighted by Gasteiger charge is -2.43. The minimum absolute atomic E-state index is 0.0316. The first-order chi connectivity index (χ1) is 13.8. The van der Waals surface area contributed by atoms with E-state index in [0.29, 0.717) is 18.4 Å². The van der Waals surface area contributed by atoms with Crippen LogP contribution in [0.4, 0.5) is 0 Å². The Kier molecular flexibility index (Phi) is 9.13. The first-order valence-corrected chi connectivity index (χ1v) is 13.1. The van der Waals surface area contributed by atoms with Gasteiger partial charge < -0.3 is 9.53 Å². The summed E-state index contributed by atoms with van der Waals surface area (Å²) in [6.07, 6.45) is 4.39. The largest absolute Gasteiger partial charge is 0.407 e. The molecule has 0 saturated carbocycles. The minimum atomic E-state index is -2.42. The van der Waals surface area contributed by atoms with Crippen LogP contribution in [0.25, 0.3) is 0 Å². The second-order valence-corrected chi connectivity index (χ2v) is 13.9. The Morgan fingerprint density at radius 1 is 0.793 bits per heavy atom. The van der Waals surface area contributed by atoms with Crippen LogP contribution < -0.4 is 10.4 Å². The third kappa shape index (κ3) is 6.28. The van der Waals surface area contributed by atoms with E-state index in [0.717, 1.165) is 19.4 Å². The second kappa shape index (κ2) is 11.1. The van der Waals surface area contributed by atoms with Gasteiger partial charge in [-0.1, -0.05) is 102 Å². The first-order valence-electron chi connectivity index (χ1n) is 11.2. The zero-order valence-corrected chi connectivity index (χ0v) is 20.0. The number of benzene rings is 2. The van der Waals surface area contributed by atoms with E-state index in [1.807, 2.05) is 0 Å². The predicted octanol–water partition coefficient (Wildman–Crippen LogP) is 5.39. The van der Waals surface area contributed by atoms with E-state index in [-0.39, 0.29) is 5.04 Å². The van der Waals surface area contributed by atoms with Crippen LogP contribution in [0.3, 0.4) is 0 Å². The fourth-order valence-electron chi connectivity index (χ4n) is 4.27. The molecule has 0 aliphatic carbocycles.